The van der Waals surface area contributed by atoms with Crippen molar-refractivity contribution in [1.82, 2.24) is 9.88 Å². The molecule has 1 N–H and O–H groups in total. The molecule has 2 atom stereocenters. The summed E-state index contributed by atoms with van der Waals surface area (Å²) < 4.78 is 6.48. The number of fused-ring (bicyclic) bond motifs is 1. The van der Waals surface area contributed by atoms with Crippen molar-refractivity contribution in [3.63, 3.8) is 0 Å². The summed E-state index contributed by atoms with van der Waals surface area (Å²) in [7, 11) is 0. The Morgan fingerprint density at radius 2 is 2.18 bits per heavy atom. The van der Waals surface area contributed by atoms with Gasteiger partial charge in [-0.25, -0.2) is 4.79 Å². The zero-order valence-corrected chi connectivity index (χ0v) is 13.2. The maximum Gasteiger partial charge on any atom is 0.420 e. The van der Waals surface area contributed by atoms with Crippen LogP contribution >= 0.6 is 11.6 Å². The van der Waals surface area contributed by atoms with Gasteiger partial charge < -0.3 is 9.73 Å². The van der Waals surface area contributed by atoms with Crippen LogP contribution in [0.15, 0.2) is 27.4 Å². The van der Waals surface area contributed by atoms with E-state index in [1.54, 1.807) is 18.2 Å². The van der Waals surface area contributed by atoms with Gasteiger partial charge in [0.2, 0.25) is 5.91 Å². The summed E-state index contributed by atoms with van der Waals surface area (Å²) in [4.78, 5) is 24.2. The predicted molar refractivity (Wildman–Crippen MR) is 85.0 cm³/mol. The number of oxazole rings is 1. The van der Waals surface area contributed by atoms with E-state index in [1.165, 1.54) is 11.0 Å². The Morgan fingerprint density at radius 1 is 1.41 bits per heavy atom. The number of carbonyl (C=O) groups is 1. The SMILES string of the molecule is CC1CCCCC1NC(=O)Cn1c(=O)oc2cc(Cl)ccc21. The van der Waals surface area contributed by atoms with Crippen LogP contribution in [0.25, 0.3) is 11.1 Å². The van der Waals surface area contributed by atoms with Crippen molar-refractivity contribution in [3.8, 4) is 0 Å². The van der Waals surface area contributed by atoms with E-state index in [9.17, 15) is 9.59 Å². The van der Waals surface area contributed by atoms with Gasteiger partial charge in [0.05, 0.1) is 5.52 Å². The minimum atomic E-state index is -0.538. The molecule has 0 aliphatic heterocycles. The van der Waals surface area contributed by atoms with Gasteiger partial charge in [0, 0.05) is 17.1 Å². The molecule has 1 aromatic carbocycles. The molecule has 0 radical (unpaired) electrons. The predicted octanol–water partition coefficient (Wildman–Crippen LogP) is 2.94. The minimum absolute atomic E-state index is 0.0311. The molecule has 1 aliphatic rings. The first kappa shape index (κ1) is 15.2. The van der Waals surface area contributed by atoms with Crippen LogP contribution < -0.4 is 11.1 Å². The van der Waals surface area contributed by atoms with Gasteiger partial charge in [0.15, 0.2) is 5.58 Å². The summed E-state index contributed by atoms with van der Waals surface area (Å²) in [5.74, 6) is -0.211. The van der Waals surface area contributed by atoms with Crippen molar-refractivity contribution < 1.29 is 9.21 Å². The molecular weight excluding hydrogens is 304 g/mol. The number of rotatable bonds is 3. The maximum absolute atomic E-state index is 12.2. The molecule has 3 rings (SSSR count). The minimum Gasteiger partial charge on any atom is -0.408 e. The molecule has 1 fully saturated rings. The number of nitrogens with zero attached hydrogens (tertiary/aromatic N) is 1. The van der Waals surface area contributed by atoms with Crippen LogP contribution in [0.3, 0.4) is 0 Å². The first-order valence-electron chi connectivity index (χ1n) is 7.63. The summed E-state index contributed by atoms with van der Waals surface area (Å²) in [5.41, 5.74) is 0.984. The highest BCUT2D eigenvalue weighted by Crippen LogP contribution is 2.24. The van der Waals surface area contributed by atoms with Gasteiger partial charge in [-0.05, 0) is 30.9 Å². The molecule has 0 spiro atoms. The zero-order chi connectivity index (χ0) is 15.7. The van der Waals surface area contributed by atoms with Crippen molar-refractivity contribution in [3.05, 3.63) is 33.8 Å². The molecule has 1 saturated carbocycles. The second-order valence-corrected chi connectivity index (χ2v) is 6.44. The van der Waals surface area contributed by atoms with Crippen molar-refractivity contribution in [2.75, 3.05) is 0 Å². The van der Waals surface area contributed by atoms with Gasteiger partial charge in [-0.1, -0.05) is 31.4 Å². The summed E-state index contributed by atoms with van der Waals surface area (Å²) >= 11 is 5.88. The Morgan fingerprint density at radius 3 is 2.95 bits per heavy atom. The number of carbonyl (C=O) groups excluding carboxylic acids is 1. The number of nitrogens with one attached hydrogen (secondary N) is 1. The molecule has 2 aromatic rings. The summed E-state index contributed by atoms with van der Waals surface area (Å²) in [6.45, 7) is 2.13. The van der Waals surface area contributed by atoms with Crippen LogP contribution in [0.2, 0.25) is 5.02 Å². The molecule has 2 unspecified atom stereocenters. The fourth-order valence-corrected chi connectivity index (χ4v) is 3.28. The Hall–Kier alpha value is -1.75. The first-order valence-corrected chi connectivity index (χ1v) is 8.00. The van der Waals surface area contributed by atoms with Crippen LogP contribution in [-0.4, -0.2) is 16.5 Å². The molecule has 1 heterocycles. The fraction of sp³-hybridized carbons (Fsp3) is 0.500. The van der Waals surface area contributed by atoms with E-state index in [-0.39, 0.29) is 18.5 Å². The molecule has 5 nitrogen and oxygen atoms in total. The van der Waals surface area contributed by atoms with Gasteiger partial charge in [-0.15, -0.1) is 0 Å². The lowest BCUT2D eigenvalue weighted by molar-refractivity contribution is -0.123. The smallest absolute Gasteiger partial charge is 0.408 e. The van der Waals surface area contributed by atoms with E-state index < -0.39 is 5.76 Å². The van der Waals surface area contributed by atoms with Gasteiger partial charge in [-0.2, -0.15) is 0 Å². The monoisotopic (exact) mass is 322 g/mol. The first-order chi connectivity index (χ1) is 10.5. The average molecular weight is 323 g/mol. The van der Waals surface area contributed by atoms with E-state index in [0.717, 1.165) is 19.3 Å². The second-order valence-electron chi connectivity index (χ2n) is 6.00. The Balaban J connectivity index is 1.76. The molecule has 0 saturated heterocycles. The summed E-state index contributed by atoms with van der Waals surface area (Å²) in [5, 5.41) is 3.54. The molecular formula is C16H19ClN2O3. The van der Waals surface area contributed by atoms with Crippen molar-refractivity contribution in [2.24, 2.45) is 5.92 Å². The number of amides is 1. The standard InChI is InChI=1S/C16H19ClN2O3/c1-10-4-2-3-5-12(10)18-15(20)9-19-13-7-6-11(17)8-14(13)22-16(19)21/h6-8,10,12H,2-5,9H2,1H3,(H,18,20). The van der Waals surface area contributed by atoms with Crippen LogP contribution in [0, 0.1) is 5.92 Å². The lowest BCUT2D eigenvalue weighted by Gasteiger charge is -2.29. The van der Waals surface area contributed by atoms with Crippen LogP contribution in [0.5, 0.6) is 0 Å². The Kier molecular flexibility index (Phi) is 4.25. The summed E-state index contributed by atoms with van der Waals surface area (Å²) in [6, 6.07) is 5.15. The zero-order valence-electron chi connectivity index (χ0n) is 12.5. The molecule has 22 heavy (non-hydrogen) atoms. The fourth-order valence-electron chi connectivity index (χ4n) is 3.12. The van der Waals surface area contributed by atoms with Gasteiger partial charge in [0.1, 0.15) is 6.54 Å². The topological polar surface area (TPSA) is 64.2 Å². The third-order valence-electron chi connectivity index (χ3n) is 4.39. The molecule has 1 amide bonds. The lowest BCUT2D eigenvalue weighted by Crippen LogP contribution is -2.43. The second kappa shape index (κ2) is 6.16. The highest BCUT2D eigenvalue weighted by molar-refractivity contribution is 6.31. The Bertz CT molecular complexity index is 749. The quantitative estimate of drug-likeness (QED) is 0.945. The third-order valence-corrected chi connectivity index (χ3v) is 4.62. The van der Waals surface area contributed by atoms with E-state index in [1.807, 2.05) is 0 Å². The molecule has 1 aliphatic carbocycles. The van der Waals surface area contributed by atoms with Gasteiger partial charge in [0.25, 0.3) is 0 Å². The van der Waals surface area contributed by atoms with Crippen molar-refractivity contribution in [1.29, 1.82) is 0 Å². The number of hydrogen-bond donors (Lipinski definition) is 1. The van der Waals surface area contributed by atoms with E-state index in [0.29, 0.717) is 22.0 Å². The number of hydrogen-bond acceptors (Lipinski definition) is 3. The number of benzene rings is 1. The normalized spacial score (nSPS) is 21.9. The molecule has 6 heteroatoms. The van der Waals surface area contributed by atoms with Gasteiger partial charge >= 0.3 is 5.76 Å². The highest BCUT2D eigenvalue weighted by atomic mass is 35.5. The largest absolute Gasteiger partial charge is 0.420 e. The lowest BCUT2D eigenvalue weighted by atomic mass is 9.86. The van der Waals surface area contributed by atoms with Crippen molar-refractivity contribution >= 4 is 28.6 Å². The van der Waals surface area contributed by atoms with Crippen LogP contribution in [0.1, 0.15) is 32.6 Å². The molecule has 1 aromatic heterocycles. The van der Waals surface area contributed by atoms with Crippen LogP contribution in [0.4, 0.5) is 0 Å². The Labute approximate surface area is 133 Å². The molecule has 0 bridgehead atoms. The number of aromatic nitrogens is 1. The average Bonchev–Trinajstić information content (AvgIpc) is 2.77. The van der Waals surface area contributed by atoms with Gasteiger partial charge in [-0.3, -0.25) is 9.36 Å². The van der Waals surface area contributed by atoms with Crippen molar-refractivity contribution in [2.45, 2.75) is 45.2 Å². The highest BCUT2D eigenvalue weighted by Gasteiger charge is 2.23. The number of halogens is 1. The summed E-state index contributed by atoms with van der Waals surface area (Å²) in [6.07, 6.45) is 4.50. The van der Waals surface area contributed by atoms with E-state index in [2.05, 4.69) is 12.2 Å². The van der Waals surface area contributed by atoms with Crippen LogP contribution in [-0.2, 0) is 11.3 Å². The third kappa shape index (κ3) is 3.04. The maximum atomic E-state index is 12.2. The van der Waals surface area contributed by atoms with E-state index in [4.69, 9.17) is 16.0 Å². The van der Waals surface area contributed by atoms with E-state index >= 15 is 0 Å². The molecule has 118 valence electrons.